The number of rotatable bonds is 10. The molecule has 42 heavy (non-hydrogen) atoms. The van der Waals surface area contributed by atoms with Crippen LogP contribution in [0.1, 0.15) is 19.4 Å². The maximum Gasteiger partial charge on any atom is 0.293 e. The van der Waals surface area contributed by atoms with Gasteiger partial charge in [-0.1, -0.05) is 25.4 Å². The van der Waals surface area contributed by atoms with Crippen LogP contribution in [0.25, 0.3) is 10.9 Å². The molecule has 2 unspecified atom stereocenters. The van der Waals surface area contributed by atoms with Crippen molar-refractivity contribution in [3.63, 3.8) is 0 Å². The first kappa shape index (κ1) is 31.0. The minimum Gasteiger partial charge on any atom is -0.478 e. The SMILES string of the molecule is CNCC(O)Cn1c(=O)c(OCC(=O)NC)cc2cc(Nc3nc(N4C[C@@H](C)C(F)[C@@H](C)C4)c(C#N)cc3Cl)ccc21. The van der Waals surface area contributed by atoms with Crippen molar-refractivity contribution in [3.8, 4) is 11.8 Å². The maximum atomic E-state index is 14.5. The number of carbonyl (C=O) groups excluding carboxylic acids is 1. The molecule has 4 atom stereocenters. The summed E-state index contributed by atoms with van der Waals surface area (Å²) in [5.41, 5.74) is 0.937. The number of aliphatic hydroxyl groups excluding tert-OH is 1. The molecule has 0 spiro atoms. The van der Waals surface area contributed by atoms with Crippen molar-refractivity contribution in [1.29, 1.82) is 5.26 Å². The van der Waals surface area contributed by atoms with E-state index in [4.69, 9.17) is 16.3 Å². The molecule has 4 rings (SSSR count). The lowest BCUT2D eigenvalue weighted by Gasteiger charge is -2.38. The number of aromatic nitrogens is 2. The summed E-state index contributed by atoms with van der Waals surface area (Å²) in [5, 5.41) is 29.5. The molecule has 0 aliphatic carbocycles. The van der Waals surface area contributed by atoms with Gasteiger partial charge in [0, 0.05) is 49.6 Å². The maximum absolute atomic E-state index is 14.5. The summed E-state index contributed by atoms with van der Waals surface area (Å²) >= 11 is 6.52. The first-order valence-electron chi connectivity index (χ1n) is 13.7. The minimum atomic E-state index is -0.934. The number of halogens is 2. The van der Waals surface area contributed by atoms with Gasteiger partial charge in [0.2, 0.25) is 0 Å². The second-order valence-corrected chi connectivity index (χ2v) is 11.0. The predicted octanol–water partition coefficient (Wildman–Crippen LogP) is 2.80. The third kappa shape index (κ3) is 6.75. The van der Waals surface area contributed by atoms with Gasteiger partial charge in [-0.2, -0.15) is 5.26 Å². The number of fused-ring (bicyclic) bond motifs is 1. The normalized spacial score (nSPS) is 19.3. The fraction of sp³-hybridized carbons (Fsp3) is 0.448. The third-order valence-corrected chi connectivity index (χ3v) is 7.56. The van der Waals surface area contributed by atoms with E-state index in [1.165, 1.54) is 23.7 Å². The van der Waals surface area contributed by atoms with E-state index in [1.54, 1.807) is 25.2 Å². The van der Waals surface area contributed by atoms with Crippen molar-refractivity contribution in [2.45, 2.75) is 32.7 Å². The fourth-order valence-corrected chi connectivity index (χ4v) is 5.38. The number of amides is 1. The van der Waals surface area contributed by atoms with E-state index in [0.29, 0.717) is 46.9 Å². The van der Waals surface area contributed by atoms with E-state index in [1.807, 2.05) is 18.7 Å². The van der Waals surface area contributed by atoms with Gasteiger partial charge in [0.15, 0.2) is 18.2 Å². The molecule has 4 N–H and O–H groups in total. The van der Waals surface area contributed by atoms with Crippen LogP contribution in [0.4, 0.5) is 21.7 Å². The van der Waals surface area contributed by atoms with Gasteiger partial charge < -0.3 is 35.3 Å². The molecule has 224 valence electrons. The molecule has 3 heterocycles. The number of carbonyl (C=O) groups is 1. The van der Waals surface area contributed by atoms with Gasteiger partial charge in [-0.15, -0.1) is 0 Å². The van der Waals surface area contributed by atoms with Crippen molar-refractivity contribution >= 4 is 45.7 Å². The minimum absolute atomic E-state index is 0.00109. The Balaban J connectivity index is 1.72. The van der Waals surface area contributed by atoms with Gasteiger partial charge in [0.1, 0.15) is 18.1 Å². The van der Waals surface area contributed by atoms with Gasteiger partial charge in [0.25, 0.3) is 11.5 Å². The smallest absolute Gasteiger partial charge is 0.293 e. The average molecular weight is 600 g/mol. The molecule has 1 fully saturated rings. The van der Waals surface area contributed by atoms with Crippen molar-refractivity contribution < 1.29 is 19.0 Å². The number of nitrogens with one attached hydrogen (secondary N) is 3. The first-order valence-corrected chi connectivity index (χ1v) is 14.0. The molecule has 0 saturated carbocycles. The number of nitrogens with zero attached hydrogens (tertiary/aromatic N) is 4. The Bertz CT molecular complexity index is 1550. The molecule has 1 amide bonds. The highest BCUT2D eigenvalue weighted by atomic mass is 35.5. The average Bonchev–Trinajstić information content (AvgIpc) is 2.96. The molecule has 1 saturated heterocycles. The highest BCUT2D eigenvalue weighted by Gasteiger charge is 2.33. The first-order chi connectivity index (χ1) is 20.1. The second-order valence-electron chi connectivity index (χ2n) is 10.6. The molecular formula is C29H35ClFN7O4. The van der Waals surface area contributed by atoms with Crippen LogP contribution in [-0.2, 0) is 11.3 Å². The molecule has 0 bridgehead atoms. The lowest BCUT2D eigenvalue weighted by atomic mass is 9.89. The number of anilines is 3. The Morgan fingerprint density at radius 2 is 1.98 bits per heavy atom. The summed E-state index contributed by atoms with van der Waals surface area (Å²) in [5.74, 6) is -0.160. The standard InChI is InChI=1S/C29H35ClFN7O4/c1-16-12-37(13-17(2)26(16)31)28-19(10-32)8-22(30)27(36-28)35-20-5-6-23-18(7-20)9-24(42-15-25(40)34-4)29(41)38(23)14-21(39)11-33-3/h5-9,16-17,21,26,33,39H,11-15H2,1-4H3,(H,34,40)(H,35,36)/t16-,17+,21?,26?. The molecule has 13 heteroatoms. The quantitative estimate of drug-likeness (QED) is 0.276. The fourth-order valence-electron chi connectivity index (χ4n) is 5.18. The Morgan fingerprint density at radius 1 is 1.26 bits per heavy atom. The van der Waals surface area contributed by atoms with E-state index < -0.39 is 23.7 Å². The summed E-state index contributed by atoms with van der Waals surface area (Å²) in [6.07, 6.45) is -1.79. The zero-order chi connectivity index (χ0) is 30.6. The number of benzene rings is 1. The molecule has 2 aromatic heterocycles. The lowest BCUT2D eigenvalue weighted by molar-refractivity contribution is -0.122. The van der Waals surface area contributed by atoms with Crippen LogP contribution in [0.5, 0.6) is 5.75 Å². The van der Waals surface area contributed by atoms with Crippen LogP contribution in [0.3, 0.4) is 0 Å². The van der Waals surface area contributed by atoms with Crippen LogP contribution in [0.15, 0.2) is 35.1 Å². The molecule has 1 aliphatic rings. The van der Waals surface area contributed by atoms with Crippen LogP contribution < -0.4 is 31.1 Å². The largest absolute Gasteiger partial charge is 0.478 e. The number of aliphatic hydroxyl groups is 1. The summed E-state index contributed by atoms with van der Waals surface area (Å²) in [6.45, 7) is 4.43. The van der Waals surface area contributed by atoms with Gasteiger partial charge in [-0.25, -0.2) is 9.37 Å². The lowest BCUT2D eigenvalue weighted by Crippen LogP contribution is -2.46. The Hall–Kier alpha value is -3.92. The van der Waals surface area contributed by atoms with E-state index in [2.05, 4.69) is 27.0 Å². The Morgan fingerprint density at radius 3 is 2.62 bits per heavy atom. The van der Waals surface area contributed by atoms with Gasteiger partial charge in [-0.3, -0.25) is 9.59 Å². The van der Waals surface area contributed by atoms with Crippen LogP contribution >= 0.6 is 11.6 Å². The summed E-state index contributed by atoms with van der Waals surface area (Å²) in [7, 11) is 3.16. The number of nitriles is 1. The molecule has 1 aliphatic heterocycles. The van der Waals surface area contributed by atoms with Gasteiger partial charge in [-0.05, 0) is 37.4 Å². The number of alkyl halides is 1. The van der Waals surface area contributed by atoms with Crippen molar-refractivity contribution in [3.05, 3.63) is 51.3 Å². The van der Waals surface area contributed by atoms with E-state index >= 15 is 0 Å². The topological polar surface area (TPSA) is 145 Å². The van der Waals surface area contributed by atoms with Crippen LogP contribution in [0, 0.1) is 23.2 Å². The Kier molecular flexibility index (Phi) is 9.88. The van der Waals surface area contributed by atoms with E-state index in [-0.39, 0.29) is 42.3 Å². The molecule has 11 nitrogen and oxygen atoms in total. The monoisotopic (exact) mass is 599 g/mol. The van der Waals surface area contributed by atoms with Crippen molar-refractivity contribution in [1.82, 2.24) is 20.2 Å². The van der Waals surface area contributed by atoms with Crippen LogP contribution in [0.2, 0.25) is 5.02 Å². The van der Waals surface area contributed by atoms with Gasteiger partial charge in [0.05, 0.1) is 28.8 Å². The number of hydrogen-bond acceptors (Lipinski definition) is 9. The van der Waals surface area contributed by atoms with E-state index in [9.17, 15) is 24.3 Å². The van der Waals surface area contributed by atoms with Crippen molar-refractivity contribution in [2.75, 3.05) is 50.6 Å². The highest BCUT2D eigenvalue weighted by molar-refractivity contribution is 6.33. The number of hydrogen-bond donors (Lipinski definition) is 4. The predicted molar refractivity (Wildman–Crippen MR) is 160 cm³/mol. The second kappa shape index (κ2) is 13.4. The Labute approximate surface area is 248 Å². The number of piperidine rings is 1. The molecular weight excluding hydrogens is 565 g/mol. The van der Waals surface area contributed by atoms with Gasteiger partial charge >= 0.3 is 0 Å². The van der Waals surface area contributed by atoms with E-state index in [0.717, 1.165) is 0 Å². The molecule has 1 aromatic carbocycles. The van der Waals surface area contributed by atoms with Crippen LogP contribution in [-0.4, -0.2) is 73.2 Å². The van der Waals surface area contributed by atoms with Crippen molar-refractivity contribution in [2.24, 2.45) is 11.8 Å². The highest BCUT2D eigenvalue weighted by Crippen LogP contribution is 2.34. The zero-order valence-electron chi connectivity index (χ0n) is 23.9. The number of ether oxygens (including phenoxy) is 1. The summed E-state index contributed by atoms with van der Waals surface area (Å²) in [6, 6.07) is 10.4. The number of likely N-dealkylation sites (N-methyl/N-ethyl adjacent to an activating group) is 2. The number of pyridine rings is 2. The zero-order valence-corrected chi connectivity index (χ0v) is 24.7. The third-order valence-electron chi connectivity index (χ3n) is 7.27. The summed E-state index contributed by atoms with van der Waals surface area (Å²) in [4.78, 5) is 31.6. The molecule has 3 aromatic rings. The summed E-state index contributed by atoms with van der Waals surface area (Å²) < 4.78 is 21.4. The molecule has 0 radical (unpaired) electrons.